The maximum atomic E-state index is 14.4. The molecule has 0 radical (unpaired) electrons. The number of carbonyl (C=O) groups excluding carboxylic acids is 5. The van der Waals surface area contributed by atoms with Gasteiger partial charge in [-0.15, -0.1) is 11.3 Å². The summed E-state index contributed by atoms with van der Waals surface area (Å²) in [6.07, 6.45) is 1.34. The number of nitrogens with zero attached hydrogens (tertiary/aromatic N) is 4. The van der Waals surface area contributed by atoms with E-state index in [1.165, 1.54) is 11.3 Å². The number of nitrogens with one attached hydrogen (secondary N) is 4. The Morgan fingerprint density at radius 3 is 2.16 bits per heavy atom. The van der Waals surface area contributed by atoms with Crippen molar-refractivity contribution in [3.63, 3.8) is 0 Å². The number of likely N-dealkylation sites (tertiary alicyclic amines) is 1. The Kier molecular flexibility index (Phi) is 21.4. The number of rotatable bonds is 25. The van der Waals surface area contributed by atoms with Crippen LogP contribution >= 0.6 is 11.3 Å². The van der Waals surface area contributed by atoms with Crippen LogP contribution < -0.4 is 21.3 Å². The molecule has 62 heavy (non-hydrogen) atoms. The lowest BCUT2D eigenvalue weighted by atomic mass is 9.89. The fourth-order valence-corrected chi connectivity index (χ4v) is 9.56. The number of carbonyl (C=O) groups is 5. The predicted molar refractivity (Wildman–Crippen MR) is 245 cm³/mol. The van der Waals surface area contributed by atoms with Gasteiger partial charge in [0, 0.05) is 46.3 Å². The van der Waals surface area contributed by atoms with Crippen LogP contribution in [0.2, 0.25) is 0 Å². The van der Waals surface area contributed by atoms with Gasteiger partial charge in [-0.1, -0.05) is 85.2 Å². The van der Waals surface area contributed by atoms with Gasteiger partial charge in [0.2, 0.25) is 23.6 Å². The first-order valence-electron chi connectivity index (χ1n) is 22.2. The van der Waals surface area contributed by atoms with Gasteiger partial charge in [-0.2, -0.15) is 0 Å². The molecule has 9 atom stereocenters. The molecule has 4 N–H and O–H groups in total. The lowest BCUT2D eigenvalue weighted by molar-refractivity contribution is -0.148. The Hall–Kier alpha value is -3.96. The van der Waals surface area contributed by atoms with Gasteiger partial charge in [0.15, 0.2) is 0 Å². The minimum Gasteiger partial charge on any atom is -0.379 e. The SMILES string of the molecule is CC[C@H](C)[C@@H]([C@@H](CC(=O)N1CCC[C@H]1[C@H](OC)[C@@H](C)C(=O)N[C@@H](Cc1ccccc1)c1nc(C(=O)NCCNC)cs1)OC)N(C)C(=O)[C@@H](NC(=O)[C@H](C(C)C)N(C)C)C(C)C. The molecule has 0 spiro atoms. The zero-order valence-electron chi connectivity index (χ0n) is 39.5. The lowest BCUT2D eigenvalue weighted by Gasteiger charge is -2.41. The van der Waals surface area contributed by atoms with Crippen molar-refractivity contribution in [3.8, 4) is 0 Å². The summed E-state index contributed by atoms with van der Waals surface area (Å²) in [6, 6.07) is 7.26. The molecule has 348 valence electrons. The third kappa shape index (κ3) is 14.0. The highest BCUT2D eigenvalue weighted by molar-refractivity contribution is 7.09. The molecule has 1 aromatic carbocycles. The number of aromatic nitrogens is 1. The van der Waals surface area contributed by atoms with Crippen molar-refractivity contribution in [1.82, 2.24) is 41.0 Å². The number of hydrogen-bond acceptors (Lipinski definition) is 11. The quantitative estimate of drug-likeness (QED) is 0.106. The first kappa shape index (κ1) is 52.4. The molecule has 1 aliphatic rings. The summed E-state index contributed by atoms with van der Waals surface area (Å²) in [4.78, 5) is 79.3. The number of thiazole rings is 1. The second-order valence-electron chi connectivity index (χ2n) is 17.7. The minimum atomic E-state index is -0.774. The molecule has 15 nitrogen and oxygen atoms in total. The summed E-state index contributed by atoms with van der Waals surface area (Å²) in [5.41, 5.74) is 1.30. The zero-order chi connectivity index (χ0) is 46.3. The number of hydrogen-bond donors (Lipinski definition) is 4. The van der Waals surface area contributed by atoms with E-state index in [9.17, 15) is 24.0 Å². The van der Waals surface area contributed by atoms with Crippen molar-refractivity contribution in [1.29, 1.82) is 0 Å². The van der Waals surface area contributed by atoms with E-state index in [1.807, 2.05) is 110 Å². The summed E-state index contributed by atoms with van der Waals surface area (Å²) >= 11 is 1.32. The van der Waals surface area contributed by atoms with Crippen LogP contribution in [0.4, 0.5) is 0 Å². The Balaban J connectivity index is 1.82. The van der Waals surface area contributed by atoms with Crippen LogP contribution in [0.3, 0.4) is 0 Å². The Morgan fingerprint density at radius 2 is 1.60 bits per heavy atom. The molecule has 16 heteroatoms. The van der Waals surface area contributed by atoms with Crippen molar-refractivity contribution in [3.05, 3.63) is 52.0 Å². The van der Waals surface area contributed by atoms with E-state index < -0.39 is 42.3 Å². The van der Waals surface area contributed by atoms with Crippen LogP contribution in [0, 0.1) is 23.7 Å². The topological polar surface area (TPSA) is 175 Å². The van der Waals surface area contributed by atoms with Gasteiger partial charge in [-0.25, -0.2) is 4.98 Å². The number of benzene rings is 1. The van der Waals surface area contributed by atoms with E-state index in [0.29, 0.717) is 43.2 Å². The molecule has 1 aromatic heterocycles. The maximum absolute atomic E-state index is 14.4. The van der Waals surface area contributed by atoms with Crippen LogP contribution in [-0.2, 0) is 35.1 Å². The Morgan fingerprint density at radius 1 is 0.919 bits per heavy atom. The highest BCUT2D eigenvalue weighted by atomic mass is 32.1. The second kappa shape index (κ2) is 25.4. The number of amides is 5. The first-order chi connectivity index (χ1) is 29.4. The maximum Gasteiger partial charge on any atom is 0.270 e. The van der Waals surface area contributed by atoms with E-state index >= 15 is 0 Å². The summed E-state index contributed by atoms with van der Waals surface area (Å²) in [5, 5.41) is 14.4. The van der Waals surface area contributed by atoms with Crippen molar-refractivity contribution in [2.24, 2.45) is 23.7 Å². The van der Waals surface area contributed by atoms with Gasteiger partial charge in [0.05, 0.1) is 48.7 Å². The zero-order valence-corrected chi connectivity index (χ0v) is 40.3. The fraction of sp³-hybridized carbons (Fsp3) is 0.696. The van der Waals surface area contributed by atoms with E-state index in [0.717, 1.165) is 18.4 Å². The first-order valence-corrected chi connectivity index (χ1v) is 23.1. The molecule has 0 unspecified atom stereocenters. The fourth-order valence-electron chi connectivity index (χ4n) is 8.71. The van der Waals surface area contributed by atoms with E-state index in [1.54, 1.807) is 31.5 Å². The monoisotopic (exact) mass is 885 g/mol. The van der Waals surface area contributed by atoms with Crippen molar-refractivity contribution in [2.45, 2.75) is 123 Å². The molecule has 5 amide bonds. The summed E-state index contributed by atoms with van der Waals surface area (Å²) in [6.45, 7) is 15.3. The largest absolute Gasteiger partial charge is 0.379 e. The summed E-state index contributed by atoms with van der Waals surface area (Å²) < 4.78 is 12.1. The minimum absolute atomic E-state index is 0.0134. The van der Waals surface area contributed by atoms with Gasteiger partial charge in [0.1, 0.15) is 16.7 Å². The molecule has 3 rings (SSSR count). The normalized spacial score (nSPS) is 18.1. The molecule has 0 saturated carbocycles. The average molecular weight is 885 g/mol. The Bertz CT molecular complexity index is 1720. The summed E-state index contributed by atoms with van der Waals surface area (Å²) in [5.74, 6) is -1.96. The third-order valence-corrected chi connectivity index (χ3v) is 13.2. The van der Waals surface area contributed by atoms with Crippen LogP contribution in [-0.4, -0.2) is 148 Å². The summed E-state index contributed by atoms with van der Waals surface area (Å²) in [7, 11) is 10.4. The van der Waals surface area contributed by atoms with Crippen molar-refractivity contribution >= 4 is 40.9 Å². The number of ether oxygens (including phenoxy) is 2. The molecule has 1 aliphatic heterocycles. The van der Waals surface area contributed by atoms with Crippen LogP contribution in [0.5, 0.6) is 0 Å². The number of methoxy groups -OCH3 is 2. The third-order valence-electron chi connectivity index (χ3n) is 12.3. The Labute approximate surface area is 374 Å². The van der Waals surface area contributed by atoms with Gasteiger partial charge in [-0.3, -0.25) is 28.9 Å². The van der Waals surface area contributed by atoms with Crippen molar-refractivity contribution < 1.29 is 33.4 Å². The molecule has 1 fully saturated rings. The highest BCUT2D eigenvalue weighted by Gasteiger charge is 2.43. The van der Waals surface area contributed by atoms with E-state index in [2.05, 4.69) is 26.3 Å². The predicted octanol–water partition coefficient (Wildman–Crippen LogP) is 4.14. The van der Waals surface area contributed by atoms with Crippen molar-refractivity contribution in [2.75, 3.05) is 62.0 Å². The highest BCUT2D eigenvalue weighted by Crippen LogP contribution is 2.31. The molecule has 0 aliphatic carbocycles. The second-order valence-corrected chi connectivity index (χ2v) is 18.5. The molecule has 2 aromatic rings. The smallest absolute Gasteiger partial charge is 0.270 e. The van der Waals surface area contributed by atoms with Crippen LogP contribution in [0.15, 0.2) is 35.7 Å². The lowest BCUT2D eigenvalue weighted by Crippen LogP contribution is -2.59. The molecular weight excluding hydrogens is 809 g/mol. The van der Waals surface area contributed by atoms with Gasteiger partial charge in [-0.05, 0) is 63.7 Å². The van der Waals surface area contributed by atoms with Gasteiger partial charge < -0.3 is 40.5 Å². The van der Waals surface area contributed by atoms with Crippen LogP contribution in [0.1, 0.15) is 101 Å². The molecule has 0 bridgehead atoms. The molecule has 1 saturated heterocycles. The van der Waals surface area contributed by atoms with Gasteiger partial charge in [0.25, 0.3) is 5.91 Å². The number of likely N-dealkylation sites (N-methyl/N-ethyl adjacent to an activating group) is 3. The molecular formula is C46H76N8O7S. The van der Waals surface area contributed by atoms with E-state index in [4.69, 9.17) is 9.47 Å². The standard InChI is InChI=1S/C46H76N8O7S/c1-14-30(6)40(53(11)46(59)38(28(2)3)51-44(58)39(29(4)5)52(9)10)36(60-12)26-37(55)54-24-18-21-35(54)41(61-13)31(7)42(56)49-33(25-32-19-16-15-17-20-32)45-50-34(27-62-45)43(57)48-23-22-47-8/h15-17,19-20,27-31,33,35-36,38-41,47H,14,18,21-26H2,1-13H3,(H,48,57)(H,49,56)(H,51,58)/t30-,31+,33-,35-,36+,38-,39-,40-,41+/m0/s1. The van der Waals surface area contributed by atoms with Gasteiger partial charge >= 0.3 is 0 Å². The van der Waals surface area contributed by atoms with Crippen LogP contribution in [0.25, 0.3) is 0 Å². The average Bonchev–Trinajstić information content (AvgIpc) is 3.93. The van der Waals surface area contributed by atoms with E-state index in [-0.39, 0.29) is 59.8 Å². The molecule has 2 heterocycles.